The van der Waals surface area contributed by atoms with Crippen LogP contribution in [-0.2, 0) is 0 Å². The van der Waals surface area contributed by atoms with Gasteiger partial charge in [0, 0.05) is 12.4 Å². The van der Waals surface area contributed by atoms with Gasteiger partial charge in [0.15, 0.2) is 0 Å². The second-order valence-electron chi connectivity index (χ2n) is 4.38. The molecule has 112 valence electrons. The summed E-state index contributed by atoms with van der Waals surface area (Å²) in [7, 11) is 0. The van der Waals surface area contributed by atoms with Crippen LogP contribution in [0, 0.1) is 0 Å². The molecular weight excluding hydrogens is 280 g/mol. The molecule has 0 fully saturated rings. The molecule has 0 radical (unpaired) electrons. The SMILES string of the molecule is C/C(=N\NC(=O)N/N=C(\C)c1ccccn1)c1ccccn1. The van der Waals surface area contributed by atoms with Crippen LogP contribution >= 0.6 is 0 Å². The molecule has 0 spiro atoms. The van der Waals surface area contributed by atoms with E-state index in [0.29, 0.717) is 22.8 Å². The van der Waals surface area contributed by atoms with Crippen LogP contribution in [0.3, 0.4) is 0 Å². The smallest absolute Gasteiger partial charge is 0.255 e. The molecule has 7 heteroatoms. The molecule has 0 saturated carbocycles. The van der Waals surface area contributed by atoms with E-state index in [1.54, 1.807) is 26.2 Å². The van der Waals surface area contributed by atoms with Crippen LogP contribution in [0.1, 0.15) is 25.2 Å². The second kappa shape index (κ2) is 7.63. The van der Waals surface area contributed by atoms with Crippen molar-refractivity contribution in [2.75, 3.05) is 0 Å². The molecule has 0 atom stereocenters. The number of nitrogens with one attached hydrogen (secondary N) is 2. The minimum Gasteiger partial charge on any atom is -0.255 e. The Morgan fingerprint density at radius 3 is 1.68 bits per heavy atom. The van der Waals surface area contributed by atoms with E-state index in [2.05, 4.69) is 31.0 Å². The van der Waals surface area contributed by atoms with E-state index in [0.717, 1.165) is 0 Å². The quantitative estimate of drug-likeness (QED) is 0.667. The molecule has 0 aliphatic heterocycles. The molecule has 2 rings (SSSR count). The predicted octanol–water partition coefficient (Wildman–Crippen LogP) is 1.92. The summed E-state index contributed by atoms with van der Waals surface area (Å²) in [5, 5.41) is 7.90. The summed E-state index contributed by atoms with van der Waals surface area (Å²) in [5.41, 5.74) is 7.29. The maximum Gasteiger partial charge on any atom is 0.355 e. The highest BCUT2D eigenvalue weighted by molar-refractivity contribution is 5.98. The van der Waals surface area contributed by atoms with Crippen molar-refractivity contribution in [2.24, 2.45) is 10.2 Å². The molecule has 2 amide bonds. The van der Waals surface area contributed by atoms with Crippen LogP contribution in [0.5, 0.6) is 0 Å². The zero-order chi connectivity index (χ0) is 15.8. The first kappa shape index (κ1) is 15.3. The first-order chi connectivity index (χ1) is 10.7. The largest absolute Gasteiger partial charge is 0.355 e. The Bertz CT molecular complexity index is 622. The van der Waals surface area contributed by atoms with Gasteiger partial charge >= 0.3 is 6.03 Å². The summed E-state index contributed by atoms with van der Waals surface area (Å²) in [5.74, 6) is 0. The van der Waals surface area contributed by atoms with E-state index < -0.39 is 6.03 Å². The molecule has 2 aromatic heterocycles. The number of hydrogen-bond donors (Lipinski definition) is 2. The predicted molar refractivity (Wildman–Crippen MR) is 84.6 cm³/mol. The molecule has 2 N–H and O–H groups in total. The number of aromatic nitrogens is 2. The molecule has 0 aliphatic carbocycles. The number of nitrogens with zero attached hydrogens (tertiary/aromatic N) is 4. The van der Waals surface area contributed by atoms with Crippen molar-refractivity contribution in [2.45, 2.75) is 13.8 Å². The van der Waals surface area contributed by atoms with Gasteiger partial charge in [-0.25, -0.2) is 15.6 Å². The molecule has 0 bridgehead atoms. The number of urea groups is 1. The highest BCUT2D eigenvalue weighted by Crippen LogP contribution is 1.96. The first-order valence-corrected chi connectivity index (χ1v) is 6.64. The fourth-order valence-electron chi connectivity index (χ4n) is 1.56. The Morgan fingerprint density at radius 2 is 1.32 bits per heavy atom. The van der Waals surface area contributed by atoms with Gasteiger partial charge in [-0.1, -0.05) is 12.1 Å². The second-order valence-corrected chi connectivity index (χ2v) is 4.38. The fourth-order valence-corrected chi connectivity index (χ4v) is 1.56. The summed E-state index contributed by atoms with van der Waals surface area (Å²) in [6.07, 6.45) is 3.32. The van der Waals surface area contributed by atoms with Gasteiger partial charge < -0.3 is 0 Å². The van der Waals surface area contributed by atoms with Gasteiger partial charge in [-0.15, -0.1) is 0 Å². The number of carbonyl (C=O) groups excluding carboxylic acids is 1. The monoisotopic (exact) mass is 296 g/mol. The van der Waals surface area contributed by atoms with Gasteiger partial charge in [-0.3, -0.25) is 9.97 Å². The summed E-state index contributed by atoms with van der Waals surface area (Å²) < 4.78 is 0. The number of rotatable bonds is 4. The van der Waals surface area contributed by atoms with Crippen LogP contribution < -0.4 is 10.9 Å². The van der Waals surface area contributed by atoms with Crippen LogP contribution in [-0.4, -0.2) is 27.4 Å². The van der Waals surface area contributed by atoms with Gasteiger partial charge in [0.05, 0.1) is 22.8 Å². The van der Waals surface area contributed by atoms with Gasteiger partial charge in [0.25, 0.3) is 0 Å². The Morgan fingerprint density at radius 1 is 0.864 bits per heavy atom. The standard InChI is InChI=1S/C15H16N6O/c1-11(13-7-3-5-9-16-13)18-20-15(22)21-19-12(2)14-8-4-6-10-17-14/h3-10H,1-2H3,(H2,20,21,22)/b18-11+,19-12+. The van der Waals surface area contributed by atoms with E-state index in [4.69, 9.17) is 0 Å². The molecule has 2 heterocycles. The molecule has 22 heavy (non-hydrogen) atoms. The third-order valence-electron chi connectivity index (χ3n) is 2.72. The summed E-state index contributed by atoms with van der Waals surface area (Å²) >= 11 is 0. The van der Waals surface area contributed by atoms with Crippen LogP contribution in [0.25, 0.3) is 0 Å². The lowest BCUT2D eigenvalue weighted by molar-refractivity contribution is 0.242. The van der Waals surface area contributed by atoms with Crippen molar-refractivity contribution >= 4 is 17.5 Å². The Kier molecular flexibility index (Phi) is 5.31. The molecule has 0 aromatic carbocycles. The molecule has 2 aromatic rings. The average molecular weight is 296 g/mol. The topological polar surface area (TPSA) is 91.6 Å². The number of pyridine rings is 2. The van der Waals surface area contributed by atoms with E-state index >= 15 is 0 Å². The third-order valence-corrected chi connectivity index (χ3v) is 2.72. The van der Waals surface area contributed by atoms with Gasteiger partial charge in [-0.05, 0) is 38.1 Å². The molecule has 0 aliphatic rings. The number of amides is 2. The fraction of sp³-hybridized carbons (Fsp3) is 0.133. The molecule has 0 unspecified atom stereocenters. The Hall–Kier alpha value is -3.09. The minimum absolute atomic E-state index is 0.537. The lowest BCUT2D eigenvalue weighted by Crippen LogP contribution is -2.30. The number of hydrazone groups is 2. The normalized spacial score (nSPS) is 11.9. The maximum atomic E-state index is 11.6. The summed E-state index contributed by atoms with van der Waals surface area (Å²) in [6, 6.07) is 10.4. The highest BCUT2D eigenvalue weighted by Gasteiger charge is 2.02. The summed E-state index contributed by atoms with van der Waals surface area (Å²) in [4.78, 5) is 19.9. The third kappa shape index (κ3) is 4.48. The van der Waals surface area contributed by atoms with Gasteiger partial charge in [0.1, 0.15) is 0 Å². The van der Waals surface area contributed by atoms with Gasteiger partial charge in [0.2, 0.25) is 0 Å². The maximum absolute atomic E-state index is 11.6. The number of carbonyl (C=O) groups is 1. The molecular formula is C15H16N6O. The first-order valence-electron chi connectivity index (χ1n) is 6.64. The molecule has 0 saturated heterocycles. The van der Waals surface area contributed by atoms with Crippen molar-refractivity contribution in [1.29, 1.82) is 0 Å². The van der Waals surface area contributed by atoms with Crippen molar-refractivity contribution in [3.8, 4) is 0 Å². The van der Waals surface area contributed by atoms with E-state index in [1.165, 1.54) is 0 Å². The van der Waals surface area contributed by atoms with Crippen molar-refractivity contribution in [3.63, 3.8) is 0 Å². The Labute approximate surface area is 128 Å². The van der Waals surface area contributed by atoms with Crippen molar-refractivity contribution < 1.29 is 4.79 Å². The van der Waals surface area contributed by atoms with E-state index in [-0.39, 0.29) is 0 Å². The van der Waals surface area contributed by atoms with Crippen LogP contribution in [0.2, 0.25) is 0 Å². The van der Waals surface area contributed by atoms with E-state index in [9.17, 15) is 4.79 Å². The lowest BCUT2D eigenvalue weighted by atomic mass is 10.3. The van der Waals surface area contributed by atoms with Gasteiger partial charge in [-0.2, -0.15) is 10.2 Å². The Balaban J connectivity index is 1.91. The molecule has 7 nitrogen and oxygen atoms in total. The lowest BCUT2D eigenvalue weighted by Gasteiger charge is -2.03. The van der Waals surface area contributed by atoms with Crippen molar-refractivity contribution in [1.82, 2.24) is 20.8 Å². The number of hydrogen-bond acceptors (Lipinski definition) is 5. The average Bonchev–Trinajstić information content (AvgIpc) is 2.59. The highest BCUT2D eigenvalue weighted by atomic mass is 16.2. The van der Waals surface area contributed by atoms with Crippen LogP contribution in [0.4, 0.5) is 4.79 Å². The zero-order valence-corrected chi connectivity index (χ0v) is 12.3. The zero-order valence-electron chi connectivity index (χ0n) is 12.3. The van der Waals surface area contributed by atoms with Crippen molar-refractivity contribution in [3.05, 3.63) is 60.2 Å². The summed E-state index contributed by atoms with van der Waals surface area (Å²) in [6.45, 7) is 3.51. The minimum atomic E-state index is -0.537. The van der Waals surface area contributed by atoms with E-state index in [1.807, 2.05) is 36.4 Å². The van der Waals surface area contributed by atoms with Crippen LogP contribution in [0.15, 0.2) is 59.0 Å².